The third-order valence-electron chi connectivity index (χ3n) is 4.32. The van der Waals surface area contributed by atoms with Crippen LogP contribution in [0.25, 0.3) is 6.08 Å². The van der Waals surface area contributed by atoms with E-state index in [1.54, 1.807) is 36.4 Å². The van der Waals surface area contributed by atoms with Crippen molar-refractivity contribution >= 4 is 17.6 Å². The van der Waals surface area contributed by atoms with E-state index in [1.165, 1.54) is 5.56 Å². The quantitative estimate of drug-likeness (QED) is 0.607. The fraction of sp³-hybridized carbons (Fsp3) is 0.238. The number of carbonyl (C=O) groups excluding carboxylic acids is 2. The Hall–Kier alpha value is -2.68. The van der Waals surface area contributed by atoms with Crippen LogP contribution >= 0.6 is 0 Å². The first kappa shape index (κ1) is 16.2. The number of rotatable bonds is 5. The predicted octanol–water partition coefficient (Wildman–Crippen LogP) is 4.36. The molecule has 0 spiro atoms. The summed E-state index contributed by atoms with van der Waals surface area (Å²) in [6.07, 6.45) is 3.74. The molecule has 3 rings (SSSR count). The van der Waals surface area contributed by atoms with Crippen LogP contribution in [0.3, 0.4) is 0 Å². The van der Waals surface area contributed by atoms with E-state index >= 15 is 0 Å². The van der Waals surface area contributed by atoms with Crippen LogP contribution in [0.4, 0.5) is 0 Å². The van der Waals surface area contributed by atoms with Gasteiger partial charge in [0.25, 0.3) is 0 Å². The van der Waals surface area contributed by atoms with E-state index in [9.17, 15) is 9.59 Å². The Balaban J connectivity index is 1.83. The smallest absolute Gasteiger partial charge is 0.180 e. The lowest BCUT2D eigenvalue weighted by Gasteiger charge is -2.23. The third-order valence-corrected chi connectivity index (χ3v) is 4.32. The molecule has 0 saturated heterocycles. The maximum Gasteiger partial charge on any atom is 0.180 e. The number of carbonyl (C=O) groups is 2. The molecule has 2 aromatic carbocycles. The lowest BCUT2D eigenvalue weighted by atomic mass is 9.88. The van der Waals surface area contributed by atoms with Gasteiger partial charge in [0.05, 0.1) is 5.56 Å². The summed E-state index contributed by atoms with van der Waals surface area (Å²) in [5, 5.41) is 0. The lowest BCUT2D eigenvalue weighted by molar-refractivity contribution is 0.0723. The Morgan fingerprint density at radius 3 is 2.67 bits per heavy atom. The Morgan fingerprint density at radius 1 is 1.25 bits per heavy atom. The molecule has 1 aliphatic rings. The molecule has 0 N–H and O–H groups in total. The molecule has 0 saturated carbocycles. The maximum atomic E-state index is 12.7. The van der Waals surface area contributed by atoms with Crippen LogP contribution in [0, 0.1) is 5.92 Å². The van der Waals surface area contributed by atoms with Crippen molar-refractivity contribution in [2.24, 2.45) is 5.92 Å². The predicted molar refractivity (Wildman–Crippen MR) is 94.6 cm³/mol. The van der Waals surface area contributed by atoms with Gasteiger partial charge in [-0.25, -0.2) is 0 Å². The molecule has 1 aliphatic heterocycles. The molecule has 0 bridgehead atoms. The van der Waals surface area contributed by atoms with Gasteiger partial charge < -0.3 is 4.74 Å². The number of ketones is 2. The van der Waals surface area contributed by atoms with Crippen LogP contribution in [-0.4, -0.2) is 18.2 Å². The highest BCUT2D eigenvalue weighted by atomic mass is 16.5. The van der Waals surface area contributed by atoms with Crippen LogP contribution in [0.15, 0.2) is 49.0 Å². The second-order valence-electron chi connectivity index (χ2n) is 6.00. The molecular formula is C21H20O3. The Bertz CT molecular complexity index is 787. The summed E-state index contributed by atoms with van der Waals surface area (Å²) in [7, 11) is 0. The molecular weight excluding hydrogens is 300 g/mol. The van der Waals surface area contributed by atoms with E-state index in [2.05, 4.69) is 13.5 Å². The minimum absolute atomic E-state index is 0.0853. The summed E-state index contributed by atoms with van der Waals surface area (Å²) in [6, 6.07) is 12.8. The van der Waals surface area contributed by atoms with Crippen LogP contribution in [0.2, 0.25) is 0 Å². The Labute approximate surface area is 142 Å². The number of fused-ring (bicyclic) bond motifs is 1. The van der Waals surface area contributed by atoms with E-state index in [4.69, 9.17) is 4.74 Å². The monoisotopic (exact) mass is 320 g/mol. The van der Waals surface area contributed by atoms with Crippen LogP contribution in [0.1, 0.15) is 45.2 Å². The van der Waals surface area contributed by atoms with E-state index in [0.717, 1.165) is 18.4 Å². The molecule has 0 radical (unpaired) electrons. The van der Waals surface area contributed by atoms with E-state index in [-0.39, 0.29) is 18.2 Å². The molecule has 1 unspecified atom stereocenters. The summed E-state index contributed by atoms with van der Waals surface area (Å²) in [5.41, 5.74) is 3.11. The van der Waals surface area contributed by atoms with Gasteiger partial charge in [0.1, 0.15) is 18.3 Å². The Morgan fingerprint density at radius 2 is 2.00 bits per heavy atom. The highest BCUT2D eigenvalue weighted by Crippen LogP contribution is 2.30. The van der Waals surface area contributed by atoms with Gasteiger partial charge in [-0.05, 0) is 29.7 Å². The lowest BCUT2D eigenvalue weighted by Crippen LogP contribution is -2.34. The molecule has 0 fully saturated rings. The van der Waals surface area contributed by atoms with E-state index in [1.807, 2.05) is 12.1 Å². The zero-order valence-corrected chi connectivity index (χ0v) is 13.7. The summed E-state index contributed by atoms with van der Waals surface area (Å²) in [5.74, 6) is -0.597. The van der Waals surface area contributed by atoms with Crippen molar-refractivity contribution in [2.75, 3.05) is 6.61 Å². The highest BCUT2D eigenvalue weighted by Gasteiger charge is 2.34. The van der Waals surface area contributed by atoms with Gasteiger partial charge in [0.15, 0.2) is 11.6 Å². The summed E-state index contributed by atoms with van der Waals surface area (Å²) < 4.78 is 5.66. The molecule has 0 aromatic heterocycles. The summed E-state index contributed by atoms with van der Waals surface area (Å²) >= 11 is 0. The average Bonchev–Trinajstić information content (AvgIpc) is 2.62. The van der Waals surface area contributed by atoms with Crippen LogP contribution < -0.4 is 4.74 Å². The van der Waals surface area contributed by atoms with Crippen molar-refractivity contribution in [3.05, 3.63) is 71.3 Å². The topological polar surface area (TPSA) is 43.4 Å². The molecule has 2 aromatic rings. The van der Waals surface area contributed by atoms with Gasteiger partial charge in [0.2, 0.25) is 0 Å². The number of hydrogen-bond acceptors (Lipinski definition) is 3. The van der Waals surface area contributed by atoms with Crippen molar-refractivity contribution < 1.29 is 14.3 Å². The van der Waals surface area contributed by atoms with Crippen molar-refractivity contribution in [3.8, 4) is 5.75 Å². The van der Waals surface area contributed by atoms with E-state index < -0.39 is 5.92 Å². The van der Waals surface area contributed by atoms with Gasteiger partial charge in [-0.3, -0.25) is 9.59 Å². The normalized spacial score (nSPS) is 16.2. The first-order chi connectivity index (χ1) is 11.6. The molecule has 3 heteroatoms. The fourth-order valence-corrected chi connectivity index (χ4v) is 2.95. The zero-order valence-electron chi connectivity index (χ0n) is 13.7. The second-order valence-corrected chi connectivity index (χ2v) is 6.00. The largest absolute Gasteiger partial charge is 0.492 e. The molecule has 24 heavy (non-hydrogen) atoms. The second kappa shape index (κ2) is 6.83. The molecule has 0 amide bonds. The highest BCUT2D eigenvalue weighted by molar-refractivity contribution is 6.17. The molecule has 3 nitrogen and oxygen atoms in total. The Kier molecular flexibility index (Phi) is 4.61. The minimum Gasteiger partial charge on any atom is -0.492 e. The van der Waals surface area contributed by atoms with Crippen molar-refractivity contribution in [1.82, 2.24) is 0 Å². The number of ether oxygens (including phenoxy) is 1. The third kappa shape index (κ3) is 3.02. The summed E-state index contributed by atoms with van der Waals surface area (Å²) in [4.78, 5) is 25.4. The molecule has 122 valence electrons. The SMILES string of the molecule is C=Cc1ccc2c(c1)OCC(C(=O)c1ccc(CCC)cc1)C2=O. The van der Waals surface area contributed by atoms with Crippen molar-refractivity contribution in [1.29, 1.82) is 0 Å². The zero-order chi connectivity index (χ0) is 17.1. The van der Waals surface area contributed by atoms with Crippen LogP contribution in [0.5, 0.6) is 5.75 Å². The van der Waals surface area contributed by atoms with Crippen LogP contribution in [-0.2, 0) is 6.42 Å². The number of hydrogen-bond donors (Lipinski definition) is 0. The van der Waals surface area contributed by atoms with Gasteiger partial charge in [0, 0.05) is 5.56 Å². The van der Waals surface area contributed by atoms with Crippen molar-refractivity contribution in [3.63, 3.8) is 0 Å². The first-order valence-corrected chi connectivity index (χ1v) is 8.20. The minimum atomic E-state index is -0.774. The number of benzene rings is 2. The van der Waals surface area contributed by atoms with E-state index in [0.29, 0.717) is 16.9 Å². The maximum absolute atomic E-state index is 12.7. The number of Topliss-reactive ketones (excluding diaryl/α,β-unsaturated/α-hetero) is 2. The van der Waals surface area contributed by atoms with Gasteiger partial charge in [-0.2, -0.15) is 0 Å². The standard InChI is InChI=1S/C21H20O3/c1-3-5-15-6-9-16(10-7-15)20(22)18-13-24-19-12-14(4-2)8-11-17(19)21(18)23/h4,6-12,18H,2-3,5,13H2,1H3. The van der Waals surface area contributed by atoms with Gasteiger partial charge in [-0.1, -0.05) is 56.3 Å². The van der Waals surface area contributed by atoms with Gasteiger partial charge in [-0.15, -0.1) is 0 Å². The van der Waals surface area contributed by atoms with Gasteiger partial charge >= 0.3 is 0 Å². The molecule has 0 aliphatic carbocycles. The first-order valence-electron chi connectivity index (χ1n) is 8.20. The summed E-state index contributed by atoms with van der Waals surface area (Å²) in [6.45, 7) is 5.91. The fourth-order valence-electron chi connectivity index (χ4n) is 2.95. The molecule has 1 atom stereocenters. The van der Waals surface area contributed by atoms with Crippen molar-refractivity contribution in [2.45, 2.75) is 19.8 Å². The number of aryl methyl sites for hydroxylation is 1. The molecule has 1 heterocycles. The average molecular weight is 320 g/mol.